The molecular formula is C16H23BFNO2. The van der Waals surface area contributed by atoms with Crippen LogP contribution in [0.4, 0.5) is 4.39 Å². The Kier molecular flexibility index (Phi) is 4.29. The maximum absolute atomic E-state index is 14.1. The highest BCUT2D eigenvalue weighted by molar-refractivity contribution is 6.55. The lowest BCUT2D eigenvalue weighted by Crippen LogP contribution is -2.41. The van der Waals surface area contributed by atoms with Crippen molar-refractivity contribution >= 4 is 13.2 Å². The molecule has 2 N–H and O–H groups in total. The molecule has 3 nitrogen and oxygen atoms in total. The van der Waals surface area contributed by atoms with Gasteiger partial charge in [0.1, 0.15) is 5.82 Å². The van der Waals surface area contributed by atoms with Gasteiger partial charge >= 0.3 is 7.12 Å². The van der Waals surface area contributed by atoms with E-state index in [2.05, 4.69) is 0 Å². The highest BCUT2D eigenvalue weighted by Gasteiger charge is 2.52. The summed E-state index contributed by atoms with van der Waals surface area (Å²) in [5.74, 6) is -0.236. The summed E-state index contributed by atoms with van der Waals surface area (Å²) < 4.78 is 26.1. The van der Waals surface area contributed by atoms with Crippen LogP contribution in [0.15, 0.2) is 23.7 Å². The average molecular weight is 291 g/mol. The molecule has 1 fully saturated rings. The molecule has 0 aromatic heterocycles. The number of hydrogen-bond acceptors (Lipinski definition) is 3. The molecule has 0 atom stereocenters. The lowest BCUT2D eigenvalue weighted by Gasteiger charge is -2.32. The van der Waals surface area contributed by atoms with Gasteiger partial charge in [0.15, 0.2) is 0 Å². The van der Waals surface area contributed by atoms with Gasteiger partial charge in [-0.2, -0.15) is 0 Å². The predicted molar refractivity (Wildman–Crippen MR) is 84.3 cm³/mol. The van der Waals surface area contributed by atoms with Gasteiger partial charge in [0.05, 0.1) is 11.2 Å². The second-order valence-electron chi connectivity index (χ2n) is 6.49. The molecule has 1 aliphatic heterocycles. The van der Waals surface area contributed by atoms with Gasteiger partial charge in [-0.15, -0.1) is 0 Å². The molecule has 0 bridgehead atoms. The van der Waals surface area contributed by atoms with Gasteiger partial charge in [-0.05, 0) is 45.7 Å². The molecule has 0 radical (unpaired) electrons. The summed E-state index contributed by atoms with van der Waals surface area (Å²) in [4.78, 5) is 0. The van der Waals surface area contributed by atoms with E-state index >= 15 is 0 Å². The normalized spacial score (nSPS) is 20.9. The number of nitrogens with two attached hydrogens (primary N) is 1. The highest BCUT2D eigenvalue weighted by atomic mass is 19.1. The van der Waals surface area contributed by atoms with Crippen LogP contribution in [0.25, 0.3) is 6.08 Å². The molecule has 1 aromatic rings. The van der Waals surface area contributed by atoms with E-state index in [4.69, 9.17) is 15.0 Å². The average Bonchev–Trinajstić information content (AvgIpc) is 2.60. The predicted octanol–water partition coefficient (Wildman–Crippen LogP) is 3.11. The largest absolute Gasteiger partial charge is 0.491 e. The molecule has 0 spiro atoms. The monoisotopic (exact) mass is 291 g/mol. The fourth-order valence-corrected chi connectivity index (χ4v) is 2.20. The molecule has 114 valence electrons. The summed E-state index contributed by atoms with van der Waals surface area (Å²) in [7, 11) is -0.542. The molecule has 21 heavy (non-hydrogen) atoms. The van der Waals surface area contributed by atoms with Crippen molar-refractivity contribution in [1.82, 2.24) is 0 Å². The minimum atomic E-state index is -0.542. The van der Waals surface area contributed by atoms with Gasteiger partial charge in [-0.3, -0.25) is 0 Å². The number of aryl methyl sites for hydroxylation is 1. The molecule has 2 rings (SSSR count). The Labute approximate surface area is 126 Å². The first kappa shape index (κ1) is 16.2. The summed E-state index contributed by atoms with van der Waals surface area (Å²) in [5, 5.41) is 0. The van der Waals surface area contributed by atoms with E-state index in [1.807, 2.05) is 33.8 Å². The van der Waals surface area contributed by atoms with Crippen molar-refractivity contribution in [2.24, 2.45) is 5.73 Å². The standard InChI is InChI=1S/C16H23BFNO2/c1-11-7-6-8-12(14(11)18)9-13(10-19)17-20-15(2,3)16(4,5)21-17/h6-9H,10,19H2,1-5H3. The van der Waals surface area contributed by atoms with Gasteiger partial charge in [-0.1, -0.05) is 24.3 Å². The summed E-state index contributed by atoms with van der Waals surface area (Å²) >= 11 is 0. The Morgan fingerprint density at radius 1 is 1.24 bits per heavy atom. The first-order valence-electron chi connectivity index (χ1n) is 7.19. The maximum Gasteiger partial charge on any atom is 0.491 e. The van der Waals surface area contributed by atoms with Gasteiger partial charge < -0.3 is 15.0 Å². The van der Waals surface area contributed by atoms with Crippen LogP contribution in [0.5, 0.6) is 0 Å². The zero-order valence-corrected chi connectivity index (χ0v) is 13.4. The second kappa shape index (κ2) is 5.56. The van der Waals surface area contributed by atoms with Crippen LogP contribution in [-0.2, 0) is 9.31 Å². The fraction of sp³-hybridized carbons (Fsp3) is 0.500. The zero-order chi connectivity index (χ0) is 15.8. The number of halogens is 1. The summed E-state index contributed by atoms with van der Waals surface area (Å²) in [5.41, 5.74) is 6.79. The van der Waals surface area contributed by atoms with Gasteiger partial charge in [-0.25, -0.2) is 4.39 Å². The van der Waals surface area contributed by atoms with Crippen molar-refractivity contribution in [1.29, 1.82) is 0 Å². The fourth-order valence-electron chi connectivity index (χ4n) is 2.20. The van der Waals surface area contributed by atoms with Crippen molar-refractivity contribution < 1.29 is 13.7 Å². The molecule has 5 heteroatoms. The van der Waals surface area contributed by atoms with Gasteiger partial charge in [0.25, 0.3) is 0 Å². The minimum absolute atomic E-state index is 0.236. The number of rotatable bonds is 3. The highest BCUT2D eigenvalue weighted by Crippen LogP contribution is 2.38. The molecule has 0 saturated carbocycles. The third-order valence-corrected chi connectivity index (χ3v) is 4.35. The molecule has 1 aromatic carbocycles. The molecule has 1 aliphatic rings. The van der Waals surface area contributed by atoms with Crippen LogP contribution in [0, 0.1) is 12.7 Å². The Morgan fingerprint density at radius 2 is 1.81 bits per heavy atom. The number of hydrogen-bond donors (Lipinski definition) is 1. The van der Waals surface area contributed by atoms with Crippen LogP contribution in [0.3, 0.4) is 0 Å². The first-order valence-corrected chi connectivity index (χ1v) is 7.19. The lowest BCUT2D eigenvalue weighted by atomic mass is 9.77. The van der Waals surface area contributed by atoms with E-state index < -0.39 is 18.3 Å². The zero-order valence-electron chi connectivity index (χ0n) is 13.4. The van der Waals surface area contributed by atoms with E-state index in [0.717, 1.165) is 5.47 Å². The molecular weight excluding hydrogens is 268 g/mol. The molecule has 1 saturated heterocycles. The Balaban J connectivity index is 2.33. The summed E-state index contributed by atoms with van der Waals surface area (Å²) in [6.07, 6.45) is 1.73. The smallest absolute Gasteiger partial charge is 0.400 e. The van der Waals surface area contributed by atoms with Crippen LogP contribution >= 0.6 is 0 Å². The Hall–Kier alpha value is -1.17. The van der Waals surface area contributed by atoms with E-state index in [9.17, 15) is 4.39 Å². The third-order valence-electron chi connectivity index (χ3n) is 4.35. The van der Waals surface area contributed by atoms with Gasteiger partial charge in [0, 0.05) is 12.1 Å². The molecule has 0 unspecified atom stereocenters. The SMILES string of the molecule is Cc1cccc(C=C(CN)B2OC(C)(C)C(C)(C)O2)c1F. The van der Waals surface area contributed by atoms with Crippen LogP contribution in [0.1, 0.15) is 38.8 Å². The van der Waals surface area contributed by atoms with Crippen LogP contribution in [0.2, 0.25) is 0 Å². The molecule has 0 amide bonds. The van der Waals surface area contributed by atoms with E-state index in [0.29, 0.717) is 11.1 Å². The van der Waals surface area contributed by atoms with E-state index in [-0.39, 0.29) is 12.4 Å². The van der Waals surface area contributed by atoms with Crippen molar-refractivity contribution in [2.75, 3.05) is 6.54 Å². The van der Waals surface area contributed by atoms with Crippen molar-refractivity contribution in [2.45, 2.75) is 45.8 Å². The summed E-state index contributed by atoms with van der Waals surface area (Å²) in [6, 6.07) is 5.29. The maximum atomic E-state index is 14.1. The number of benzene rings is 1. The summed E-state index contributed by atoms with van der Waals surface area (Å²) in [6.45, 7) is 9.92. The molecule has 0 aliphatic carbocycles. The second-order valence-corrected chi connectivity index (χ2v) is 6.49. The Morgan fingerprint density at radius 3 is 2.33 bits per heavy atom. The quantitative estimate of drug-likeness (QED) is 0.870. The lowest BCUT2D eigenvalue weighted by molar-refractivity contribution is 0.00578. The first-order chi connectivity index (χ1) is 9.68. The third kappa shape index (κ3) is 3.05. The van der Waals surface area contributed by atoms with Crippen molar-refractivity contribution in [3.8, 4) is 0 Å². The van der Waals surface area contributed by atoms with Crippen molar-refractivity contribution in [3.63, 3.8) is 0 Å². The van der Waals surface area contributed by atoms with Crippen molar-refractivity contribution in [3.05, 3.63) is 40.6 Å². The van der Waals surface area contributed by atoms with Crippen LogP contribution in [-0.4, -0.2) is 24.9 Å². The molecule has 1 heterocycles. The minimum Gasteiger partial charge on any atom is -0.400 e. The van der Waals surface area contributed by atoms with Crippen LogP contribution < -0.4 is 5.73 Å². The Bertz CT molecular complexity index is 553. The topological polar surface area (TPSA) is 44.5 Å². The van der Waals surface area contributed by atoms with Gasteiger partial charge in [0.2, 0.25) is 0 Å². The van der Waals surface area contributed by atoms with E-state index in [1.54, 1.807) is 25.1 Å². The van der Waals surface area contributed by atoms with E-state index in [1.165, 1.54) is 0 Å².